The second-order valence-electron chi connectivity index (χ2n) is 9.27. The molecule has 2 saturated carbocycles. The molecule has 0 aromatic heterocycles. The molecule has 0 heterocycles. The van der Waals surface area contributed by atoms with Crippen LogP contribution in [0.4, 0.5) is 0 Å². The standard InChI is InChI=1S/C27H39NO/c1-2-3-4-6-22-12-14-25(15-13-22)26-16-18-27(19-17-26)29-21-24-10-8-23(9-11-24)7-5-20-28/h5,7,12-15,23-24,26-27H,2-4,6,8-11,16-19,21H2,1H3/b7-5+/t23-,24-,26-,27-. The molecule has 1 aromatic rings. The lowest BCUT2D eigenvalue weighted by Crippen LogP contribution is -2.25. The Bertz CT molecular complexity index is 640. The first-order valence-corrected chi connectivity index (χ1v) is 12.0. The van der Waals surface area contributed by atoms with E-state index in [1.807, 2.05) is 0 Å². The van der Waals surface area contributed by atoms with Crippen molar-refractivity contribution in [1.82, 2.24) is 0 Å². The summed E-state index contributed by atoms with van der Waals surface area (Å²) in [4.78, 5) is 0. The number of ether oxygens (including phenoxy) is 1. The molecule has 0 spiro atoms. The first kappa shape index (κ1) is 22.1. The largest absolute Gasteiger partial charge is 0.378 e. The van der Waals surface area contributed by atoms with Crippen molar-refractivity contribution in [2.75, 3.05) is 6.61 Å². The van der Waals surface area contributed by atoms with Gasteiger partial charge < -0.3 is 4.74 Å². The van der Waals surface area contributed by atoms with Crippen molar-refractivity contribution in [3.8, 4) is 6.07 Å². The van der Waals surface area contributed by atoms with Crippen molar-refractivity contribution in [3.63, 3.8) is 0 Å². The number of nitriles is 1. The van der Waals surface area contributed by atoms with Gasteiger partial charge in [0.05, 0.1) is 12.2 Å². The molecule has 0 aliphatic heterocycles. The summed E-state index contributed by atoms with van der Waals surface area (Å²) >= 11 is 0. The minimum absolute atomic E-state index is 0.468. The molecule has 0 saturated heterocycles. The van der Waals surface area contributed by atoms with Crippen LogP contribution in [0.15, 0.2) is 36.4 Å². The van der Waals surface area contributed by atoms with Crippen LogP contribution in [0.2, 0.25) is 0 Å². The number of allylic oxidation sites excluding steroid dienone is 2. The van der Waals surface area contributed by atoms with Crippen LogP contribution in [0, 0.1) is 23.2 Å². The lowest BCUT2D eigenvalue weighted by molar-refractivity contribution is -0.00337. The zero-order chi connectivity index (χ0) is 20.3. The van der Waals surface area contributed by atoms with Crippen molar-refractivity contribution >= 4 is 0 Å². The zero-order valence-corrected chi connectivity index (χ0v) is 18.3. The van der Waals surface area contributed by atoms with Gasteiger partial charge in [-0.2, -0.15) is 5.26 Å². The smallest absolute Gasteiger partial charge is 0.0908 e. The fourth-order valence-corrected chi connectivity index (χ4v) is 5.10. The van der Waals surface area contributed by atoms with Crippen LogP contribution in [0.5, 0.6) is 0 Å². The summed E-state index contributed by atoms with van der Waals surface area (Å²) in [5, 5.41) is 8.66. The zero-order valence-electron chi connectivity index (χ0n) is 18.3. The Hall–Kier alpha value is -1.59. The van der Waals surface area contributed by atoms with Crippen molar-refractivity contribution in [2.24, 2.45) is 11.8 Å². The van der Waals surface area contributed by atoms with Crippen LogP contribution < -0.4 is 0 Å². The molecule has 3 rings (SSSR count). The molecule has 0 amide bonds. The highest BCUT2D eigenvalue weighted by molar-refractivity contribution is 5.26. The van der Waals surface area contributed by atoms with Crippen LogP contribution in [0.1, 0.15) is 94.6 Å². The quantitative estimate of drug-likeness (QED) is 0.324. The van der Waals surface area contributed by atoms with Gasteiger partial charge in [0.2, 0.25) is 0 Å². The summed E-state index contributed by atoms with van der Waals surface area (Å²) < 4.78 is 6.33. The lowest BCUT2D eigenvalue weighted by Gasteiger charge is -2.32. The van der Waals surface area contributed by atoms with E-state index in [9.17, 15) is 0 Å². The Kier molecular flexibility index (Phi) is 9.29. The van der Waals surface area contributed by atoms with E-state index in [0.717, 1.165) is 18.4 Å². The summed E-state index contributed by atoms with van der Waals surface area (Å²) in [6.45, 7) is 3.21. The van der Waals surface area contributed by atoms with Gasteiger partial charge in [0, 0.05) is 12.7 Å². The molecule has 2 fully saturated rings. The van der Waals surface area contributed by atoms with Gasteiger partial charge in [0.25, 0.3) is 0 Å². The number of benzene rings is 1. The Morgan fingerprint density at radius 1 is 0.966 bits per heavy atom. The summed E-state index contributed by atoms with van der Waals surface area (Å²) in [6, 6.07) is 11.6. The van der Waals surface area contributed by atoms with E-state index in [4.69, 9.17) is 10.00 Å². The second-order valence-corrected chi connectivity index (χ2v) is 9.27. The van der Waals surface area contributed by atoms with Gasteiger partial charge in [-0.1, -0.05) is 50.1 Å². The first-order chi connectivity index (χ1) is 14.3. The molecule has 158 valence electrons. The third-order valence-electron chi connectivity index (χ3n) is 7.10. The van der Waals surface area contributed by atoms with Crippen molar-refractivity contribution < 1.29 is 4.74 Å². The molecule has 0 radical (unpaired) electrons. The van der Waals surface area contributed by atoms with Crippen LogP contribution in [0.3, 0.4) is 0 Å². The maximum atomic E-state index is 8.66. The average molecular weight is 394 g/mol. The van der Waals surface area contributed by atoms with Gasteiger partial charge in [0.15, 0.2) is 0 Å². The molecule has 0 atom stereocenters. The molecule has 1 aromatic carbocycles. The number of unbranched alkanes of at least 4 members (excludes halogenated alkanes) is 2. The molecule has 0 unspecified atom stereocenters. The maximum Gasteiger partial charge on any atom is 0.0908 e. The van der Waals surface area contributed by atoms with E-state index in [1.165, 1.54) is 88.2 Å². The molecule has 0 N–H and O–H groups in total. The highest BCUT2D eigenvalue weighted by atomic mass is 16.5. The summed E-state index contributed by atoms with van der Waals surface area (Å²) in [5.74, 6) is 2.06. The number of aryl methyl sites for hydroxylation is 1. The third-order valence-corrected chi connectivity index (χ3v) is 7.10. The fourth-order valence-electron chi connectivity index (χ4n) is 5.10. The van der Waals surface area contributed by atoms with E-state index < -0.39 is 0 Å². The molecule has 2 heteroatoms. The molecular formula is C27H39NO. The monoisotopic (exact) mass is 393 g/mol. The highest BCUT2D eigenvalue weighted by Crippen LogP contribution is 2.35. The van der Waals surface area contributed by atoms with E-state index >= 15 is 0 Å². The second kappa shape index (κ2) is 12.2. The lowest BCUT2D eigenvalue weighted by atomic mass is 9.81. The molecule has 2 aliphatic carbocycles. The van der Waals surface area contributed by atoms with E-state index in [0.29, 0.717) is 12.0 Å². The summed E-state index contributed by atoms with van der Waals surface area (Å²) in [5.41, 5.74) is 3.03. The Morgan fingerprint density at radius 3 is 2.34 bits per heavy atom. The van der Waals surface area contributed by atoms with Gasteiger partial charge in [0.1, 0.15) is 0 Å². The average Bonchev–Trinajstić information content (AvgIpc) is 2.78. The number of hydrogen-bond donors (Lipinski definition) is 0. The maximum absolute atomic E-state index is 8.66. The molecule has 29 heavy (non-hydrogen) atoms. The predicted molar refractivity (Wildman–Crippen MR) is 121 cm³/mol. The van der Waals surface area contributed by atoms with Crippen LogP contribution >= 0.6 is 0 Å². The highest BCUT2D eigenvalue weighted by Gasteiger charge is 2.25. The first-order valence-electron chi connectivity index (χ1n) is 12.0. The van der Waals surface area contributed by atoms with E-state index in [-0.39, 0.29) is 0 Å². The van der Waals surface area contributed by atoms with Gasteiger partial charge >= 0.3 is 0 Å². The topological polar surface area (TPSA) is 33.0 Å². The van der Waals surface area contributed by atoms with E-state index in [2.05, 4.69) is 43.3 Å². The Morgan fingerprint density at radius 2 is 1.69 bits per heavy atom. The molecule has 2 nitrogen and oxygen atoms in total. The van der Waals surface area contributed by atoms with E-state index in [1.54, 1.807) is 6.08 Å². The number of hydrogen-bond acceptors (Lipinski definition) is 2. The Balaban J connectivity index is 1.33. The minimum Gasteiger partial charge on any atom is -0.378 e. The number of nitrogens with zero attached hydrogens (tertiary/aromatic N) is 1. The third kappa shape index (κ3) is 7.31. The van der Waals surface area contributed by atoms with Gasteiger partial charge in [-0.05, 0) is 93.1 Å². The summed E-state index contributed by atoms with van der Waals surface area (Å²) in [6.07, 6.45) is 19.3. The predicted octanol–water partition coefficient (Wildman–Crippen LogP) is 7.35. The molecule has 2 aliphatic rings. The van der Waals surface area contributed by atoms with Gasteiger partial charge in [-0.3, -0.25) is 0 Å². The number of rotatable bonds is 9. The van der Waals surface area contributed by atoms with Gasteiger partial charge in [-0.25, -0.2) is 0 Å². The minimum atomic E-state index is 0.468. The van der Waals surface area contributed by atoms with Crippen molar-refractivity contribution in [3.05, 3.63) is 47.5 Å². The van der Waals surface area contributed by atoms with Crippen LogP contribution in [-0.2, 0) is 11.2 Å². The van der Waals surface area contributed by atoms with Crippen LogP contribution in [-0.4, -0.2) is 12.7 Å². The van der Waals surface area contributed by atoms with Crippen molar-refractivity contribution in [1.29, 1.82) is 5.26 Å². The summed E-state index contributed by atoms with van der Waals surface area (Å²) in [7, 11) is 0. The molecule has 0 bridgehead atoms. The fraction of sp³-hybridized carbons (Fsp3) is 0.667. The van der Waals surface area contributed by atoms with Gasteiger partial charge in [-0.15, -0.1) is 0 Å². The van der Waals surface area contributed by atoms with Crippen molar-refractivity contribution in [2.45, 2.75) is 96.0 Å². The SMILES string of the molecule is CCCCCc1ccc([C@H]2CC[C@H](OC[C@H]3CC[C@H](/C=C/C#N)CC3)CC2)cc1. The normalized spacial score (nSPS) is 27.7. The Labute approximate surface area is 178 Å². The molecular weight excluding hydrogens is 354 g/mol. The van der Waals surface area contributed by atoms with Crippen LogP contribution in [0.25, 0.3) is 0 Å².